The molecule has 3 amide bonds. The van der Waals surface area contributed by atoms with Crippen molar-refractivity contribution >= 4 is 40.6 Å². The van der Waals surface area contributed by atoms with Gasteiger partial charge in [-0.2, -0.15) is 0 Å². The molecule has 3 rings (SSSR count). The van der Waals surface area contributed by atoms with Gasteiger partial charge < -0.3 is 16.0 Å². The van der Waals surface area contributed by atoms with Crippen molar-refractivity contribution in [2.24, 2.45) is 0 Å². The van der Waals surface area contributed by atoms with Gasteiger partial charge >= 0.3 is 6.03 Å². The summed E-state index contributed by atoms with van der Waals surface area (Å²) in [5, 5.41) is 9.10. The second kappa shape index (κ2) is 7.23. The molecule has 124 valence electrons. The van der Waals surface area contributed by atoms with Crippen LogP contribution in [-0.2, 0) is 4.79 Å². The van der Waals surface area contributed by atoms with Crippen LogP contribution in [0.2, 0.25) is 5.02 Å². The van der Waals surface area contributed by atoms with Crippen LogP contribution in [-0.4, -0.2) is 31.6 Å². The average molecular weight is 345 g/mol. The molecule has 0 aliphatic carbocycles. The molecule has 2 aromatic rings. The molecule has 3 N–H and O–H groups in total. The van der Waals surface area contributed by atoms with Crippen LogP contribution in [0.1, 0.15) is 0 Å². The van der Waals surface area contributed by atoms with Crippen molar-refractivity contribution in [3.8, 4) is 0 Å². The Balaban J connectivity index is 1.55. The molecule has 1 fully saturated rings. The SMILES string of the molecule is O=C(CNc1ccccc1Cl)Nc1ccc(N2CCNC2=O)cc1. The monoisotopic (exact) mass is 344 g/mol. The van der Waals surface area contributed by atoms with Gasteiger partial charge in [0, 0.05) is 24.5 Å². The Kier molecular flexibility index (Phi) is 4.86. The molecule has 24 heavy (non-hydrogen) atoms. The number of nitrogens with zero attached hydrogens (tertiary/aromatic N) is 1. The van der Waals surface area contributed by atoms with Crippen LogP contribution in [0.5, 0.6) is 0 Å². The maximum atomic E-state index is 12.0. The molecule has 0 unspecified atom stereocenters. The Bertz CT molecular complexity index is 749. The van der Waals surface area contributed by atoms with Gasteiger partial charge in [-0.15, -0.1) is 0 Å². The van der Waals surface area contributed by atoms with E-state index < -0.39 is 0 Å². The van der Waals surface area contributed by atoms with Gasteiger partial charge in [0.15, 0.2) is 0 Å². The number of hydrogen-bond donors (Lipinski definition) is 3. The van der Waals surface area contributed by atoms with Crippen molar-refractivity contribution in [2.45, 2.75) is 0 Å². The van der Waals surface area contributed by atoms with E-state index in [-0.39, 0.29) is 18.5 Å². The van der Waals surface area contributed by atoms with E-state index in [2.05, 4.69) is 16.0 Å². The van der Waals surface area contributed by atoms with E-state index >= 15 is 0 Å². The Morgan fingerprint density at radius 3 is 2.58 bits per heavy atom. The number of amides is 3. The fraction of sp³-hybridized carbons (Fsp3) is 0.176. The highest BCUT2D eigenvalue weighted by atomic mass is 35.5. The van der Waals surface area contributed by atoms with Crippen molar-refractivity contribution < 1.29 is 9.59 Å². The van der Waals surface area contributed by atoms with Gasteiger partial charge in [0.2, 0.25) is 5.91 Å². The maximum Gasteiger partial charge on any atom is 0.321 e. The lowest BCUT2D eigenvalue weighted by Gasteiger charge is -2.15. The Labute approximate surface area is 144 Å². The second-order valence-electron chi connectivity index (χ2n) is 5.31. The van der Waals surface area contributed by atoms with E-state index in [0.717, 1.165) is 5.69 Å². The fourth-order valence-corrected chi connectivity index (χ4v) is 2.63. The van der Waals surface area contributed by atoms with Gasteiger partial charge in [-0.25, -0.2) is 4.79 Å². The molecule has 2 aromatic carbocycles. The number of benzene rings is 2. The summed E-state index contributed by atoms with van der Waals surface area (Å²) < 4.78 is 0. The lowest BCUT2D eigenvalue weighted by molar-refractivity contribution is -0.114. The summed E-state index contributed by atoms with van der Waals surface area (Å²) in [6, 6.07) is 14.3. The number of nitrogens with one attached hydrogen (secondary N) is 3. The summed E-state index contributed by atoms with van der Waals surface area (Å²) in [5.74, 6) is -0.179. The van der Waals surface area contributed by atoms with E-state index in [0.29, 0.717) is 29.5 Å². The molecule has 0 bridgehead atoms. The van der Waals surface area contributed by atoms with E-state index in [1.54, 1.807) is 23.1 Å². The van der Waals surface area contributed by atoms with Crippen LogP contribution in [0.4, 0.5) is 21.9 Å². The molecule has 0 aromatic heterocycles. The molecule has 1 aliphatic rings. The Morgan fingerprint density at radius 2 is 1.92 bits per heavy atom. The second-order valence-corrected chi connectivity index (χ2v) is 5.72. The largest absolute Gasteiger partial charge is 0.375 e. The summed E-state index contributed by atoms with van der Waals surface area (Å²) in [5.41, 5.74) is 2.19. The Hall–Kier alpha value is -2.73. The van der Waals surface area contributed by atoms with Crippen LogP contribution in [0, 0.1) is 0 Å². The van der Waals surface area contributed by atoms with E-state index in [9.17, 15) is 9.59 Å². The number of rotatable bonds is 5. The van der Waals surface area contributed by atoms with Crippen molar-refractivity contribution in [3.63, 3.8) is 0 Å². The minimum Gasteiger partial charge on any atom is -0.375 e. The first-order valence-corrected chi connectivity index (χ1v) is 7.95. The number of halogens is 1. The van der Waals surface area contributed by atoms with Crippen molar-refractivity contribution in [1.82, 2.24) is 5.32 Å². The molecule has 1 aliphatic heterocycles. The zero-order chi connectivity index (χ0) is 16.9. The zero-order valence-corrected chi connectivity index (χ0v) is 13.6. The number of carbonyl (C=O) groups excluding carboxylic acids is 2. The highest BCUT2D eigenvalue weighted by Crippen LogP contribution is 2.21. The minimum atomic E-state index is -0.179. The predicted octanol–water partition coefficient (Wildman–Crippen LogP) is 2.92. The number of carbonyl (C=O) groups is 2. The molecule has 1 saturated heterocycles. The van der Waals surface area contributed by atoms with Gasteiger partial charge in [-0.1, -0.05) is 23.7 Å². The van der Waals surface area contributed by atoms with Crippen molar-refractivity contribution in [2.75, 3.05) is 35.2 Å². The maximum absolute atomic E-state index is 12.0. The third kappa shape index (κ3) is 3.78. The summed E-state index contributed by atoms with van der Waals surface area (Å²) in [4.78, 5) is 25.3. The fourth-order valence-electron chi connectivity index (χ4n) is 2.43. The van der Waals surface area contributed by atoms with Crippen LogP contribution in [0.3, 0.4) is 0 Å². The quantitative estimate of drug-likeness (QED) is 0.780. The summed E-state index contributed by atoms with van der Waals surface area (Å²) in [6.45, 7) is 1.40. The molecule has 0 radical (unpaired) electrons. The number of para-hydroxylation sites is 1. The summed E-state index contributed by atoms with van der Waals surface area (Å²) >= 11 is 6.03. The highest BCUT2D eigenvalue weighted by Gasteiger charge is 2.20. The highest BCUT2D eigenvalue weighted by molar-refractivity contribution is 6.33. The lowest BCUT2D eigenvalue weighted by atomic mass is 10.2. The van der Waals surface area contributed by atoms with Crippen LogP contribution >= 0.6 is 11.6 Å². The first-order chi connectivity index (χ1) is 11.6. The van der Waals surface area contributed by atoms with Crippen LogP contribution in [0.25, 0.3) is 0 Å². The van der Waals surface area contributed by atoms with Crippen molar-refractivity contribution in [3.05, 3.63) is 53.6 Å². The molecular weight excluding hydrogens is 328 g/mol. The van der Waals surface area contributed by atoms with Crippen molar-refractivity contribution in [1.29, 1.82) is 0 Å². The van der Waals surface area contributed by atoms with Gasteiger partial charge in [0.25, 0.3) is 0 Å². The smallest absolute Gasteiger partial charge is 0.321 e. The Morgan fingerprint density at radius 1 is 1.17 bits per heavy atom. The first-order valence-electron chi connectivity index (χ1n) is 7.57. The minimum absolute atomic E-state index is 0.101. The van der Waals surface area contributed by atoms with Gasteiger partial charge in [-0.05, 0) is 36.4 Å². The number of anilines is 3. The molecule has 0 atom stereocenters. The topological polar surface area (TPSA) is 73.5 Å². The van der Waals surface area contributed by atoms with Gasteiger partial charge in [0.1, 0.15) is 0 Å². The van der Waals surface area contributed by atoms with Gasteiger partial charge in [0.05, 0.1) is 17.3 Å². The molecule has 6 nitrogen and oxygen atoms in total. The normalized spacial score (nSPS) is 13.5. The number of hydrogen-bond acceptors (Lipinski definition) is 3. The predicted molar refractivity (Wildman–Crippen MR) is 95.8 cm³/mol. The van der Waals surface area contributed by atoms with Gasteiger partial charge in [-0.3, -0.25) is 9.69 Å². The molecule has 0 spiro atoms. The molecule has 0 saturated carbocycles. The summed E-state index contributed by atoms with van der Waals surface area (Å²) in [6.07, 6.45) is 0. The molecule has 7 heteroatoms. The van der Waals surface area contributed by atoms with Crippen LogP contribution < -0.4 is 20.9 Å². The van der Waals surface area contributed by atoms with Crippen LogP contribution in [0.15, 0.2) is 48.5 Å². The zero-order valence-electron chi connectivity index (χ0n) is 12.9. The lowest BCUT2D eigenvalue weighted by Crippen LogP contribution is -2.27. The third-order valence-corrected chi connectivity index (χ3v) is 3.96. The summed E-state index contributed by atoms with van der Waals surface area (Å²) in [7, 11) is 0. The number of urea groups is 1. The standard InChI is InChI=1S/C17H17ClN4O2/c18-14-3-1-2-4-15(14)20-11-16(23)21-12-5-7-13(8-6-12)22-10-9-19-17(22)24/h1-8,20H,9-11H2,(H,19,24)(H,21,23). The average Bonchev–Trinajstić information content (AvgIpc) is 3.01. The molecular formula is C17H17ClN4O2. The third-order valence-electron chi connectivity index (χ3n) is 3.63. The van der Waals surface area contributed by atoms with E-state index in [1.165, 1.54) is 0 Å². The molecule has 1 heterocycles. The van der Waals surface area contributed by atoms with E-state index in [1.807, 2.05) is 30.3 Å². The van der Waals surface area contributed by atoms with E-state index in [4.69, 9.17) is 11.6 Å². The first kappa shape index (κ1) is 16.1.